The van der Waals surface area contributed by atoms with Crippen molar-refractivity contribution in [1.29, 1.82) is 0 Å². The second kappa shape index (κ2) is 5.72. The molecule has 0 aliphatic heterocycles. The number of nitrogens with one attached hydrogen (secondary N) is 2. The number of hydrogen-bond acceptors (Lipinski definition) is 4. The molecule has 2 amide bonds. The van der Waals surface area contributed by atoms with Crippen LogP contribution >= 0.6 is 0 Å². The van der Waals surface area contributed by atoms with Crippen LogP contribution in [-0.4, -0.2) is 20.5 Å². The molecule has 0 unspecified atom stereocenters. The van der Waals surface area contributed by atoms with E-state index in [1.807, 2.05) is 4.72 Å². The molecule has 7 heteroatoms. The zero-order chi connectivity index (χ0) is 13.8. The van der Waals surface area contributed by atoms with Gasteiger partial charge in [-0.1, -0.05) is 18.2 Å². The maximum absolute atomic E-state index is 11.7. The lowest BCUT2D eigenvalue weighted by Crippen LogP contribution is -2.42. The topological polar surface area (TPSA) is 101 Å². The van der Waals surface area contributed by atoms with Crippen molar-refractivity contribution in [3.8, 4) is 0 Å². The standard InChI is InChI=1S/C11H17N3O3S/c1-8(2)13-11(15)14-18(16,17)7-9-5-3-4-6-10(9)12/h3-6,8H,7,12H2,1-2H3,(H2,13,14,15). The highest BCUT2D eigenvalue weighted by atomic mass is 32.2. The van der Waals surface area contributed by atoms with Gasteiger partial charge in [0.15, 0.2) is 0 Å². The number of carbonyl (C=O) groups is 1. The Morgan fingerprint density at radius 1 is 1.33 bits per heavy atom. The Labute approximate surface area is 107 Å². The van der Waals surface area contributed by atoms with Crippen molar-refractivity contribution < 1.29 is 13.2 Å². The fourth-order valence-corrected chi connectivity index (χ4v) is 2.43. The first kappa shape index (κ1) is 14.3. The van der Waals surface area contributed by atoms with Gasteiger partial charge in [0.05, 0.1) is 5.75 Å². The van der Waals surface area contributed by atoms with E-state index in [4.69, 9.17) is 5.73 Å². The average molecular weight is 271 g/mol. The van der Waals surface area contributed by atoms with Gasteiger partial charge in [-0.05, 0) is 25.5 Å². The maximum atomic E-state index is 11.7. The smallest absolute Gasteiger partial charge is 0.328 e. The number of benzene rings is 1. The van der Waals surface area contributed by atoms with Gasteiger partial charge in [-0.3, -0.25) is 0 Å². The first-order valence-corrected chi connectivity index (χ1v) is 7.10. The van der Waals surface area contributed by atoms with Gasteiger partial charge in [-0.25, -0.2) is 17.9 Å². The lowest BCUT2D eigenvalue weighted by Gasteiger charge is -2.11. The summed E-state index contributed by atoms with van der Waals surface area (Å²) in [6.45, 7) is 3.47. The molecule has 0 radical (unpaired) electrons. The van der Waals surface area contributed by atoms with Crippen LogP contribution < -0.4 is 15.8 Å². The summed E-state index contributed by atoms with van der Waals surface area (Å²) >= 11 is 0. The van der Waals surface area contributed by atoms with Crippen molar-refractivity contribution in [3.05, 3.63) is 29.8 Å². The fraction of sp³-hybridized carbons (Fsp3) is 0.364. The van der Waals surface area contributed by atoms with Crippen LogP contribution in [-0.2, 0) is 15.8 Å². The minimum atomic E-state index is -3.74. The van der Waals surface area contributed by atoms with Crippen molar-refractivity contribution in [1.82, 2.24) is 10.0 Å². The van der Waals surface area contributed by atoms with E-state index in [9.17, 15) is 13.2 Å². The highest BCUT2D eigenvalue weighted by Crippen LogP contribution is 2.13. The van der Waals surface area contributed by atoms with Gasteiger partial charge in [0.2, 0.25) is 10.0 Å². The minimum absolute atomic E-state index is 0.137. The molecule has 0 bridgehead atoms. The molecule has 4 N–H and O–H groups in total. The molecule has 1 rings (SSSR count). The predicted octanol–water partition coefficient (Wildman–Crippen LogP) is 0.806. The van der Waals surface area contributed by atoms with Crippen LogP contribution in [0.2, 0.25) is 0 Å². The Bertz CT molecular complexity index is 526. The van der Waals surface area contributed by atoms with E-state index in [0.717, 1.165) is 0 Å². The molecule has 100 valence electrons. The number of anilines is 1. The first-order valence-electron chi connectivity index (χ1n) is 5.44. The van der Waals surface area contributed by atoms with Gasteiger partial charge in [-0.2, -0.15) is 0 Å². The average Bonchev–Trinajstić information content (AvgIpc) is 2.18. The van der Waals surface area contributed by atoms with E-state index in [2.05, 4.69) is 5.32 Å². The highest BCUT2D eigenvalue weighted by Gasteiger charge is 2.16. The van der Waals surface area contributed by atoms with Crippen molar-refractivity contribution >= 4 is 21.7 Å². The van der Waals surface area contributed by atoms with E-state index in [1.54, 1.807) is 38.1 Å². The molecule has 0 atom stereocenters. The van der Waals surface area contributed by atoms with E-state index in [1.165, 1.54) is 0 Å². The SMILES string of the molecule is CC(C)NC(=O)NS(=O)(=O)Cc1ccccc1N. The molecular weight excluding hydrogens is 254 g/mol. The van der Waals surface area contributed by atoms with E-state index >= 15 is 0 Å². The number of para-hydroxylation sites is 1. The van der Waals surface area contributed by atoms with Crippen LogP contribution in [0.5, 0.6) is 0 Å². The number of sulfonamides is 1. The number of amides is 2. The van der Waals surface area contributed by atoms with Gasteiger partial charge in [-0.15, -0.1) is 0 Å². The zero-order valence-electron chi connectivity index (χ0n) is 10.3. The molecule has 0 aromatic heterocycles. The molecular formula is C11H17N3O3S. The lowest BCUT2D eigenvalue weighted by molar-refractivity contribution is 0.243. The molecule has 0 heterocycles. The first-order chi connectivity index (χ1) is 8.30. The summed E-state index contributed by atoms with van der Waals surface area (Å²) < 4.78 is 25.4. The fourth-order valence-electron chi connectivity index (χ4n) is 1.34. The summed E-state index contributed by atoms with van der Waals surface area (Å²) in [6.07, 6.45) is 0. The van der Waals surface area contributed by atoms with E-state index in [-0.39, 0.29) is 11.8 Å². The number of hydrogen-bond donors (Lipinski definition) is 3. The number of nitrogen functional groups attached to an aromatic ring is 1. The molecule has 18 heavy (non-hydrogen) atoms. The van der Waals surface area contributed by atoms with E-state index in [0.29, 0.717) is 11.3 Å². The minimum Gasteiger partial charge on any atom is -0.398 e. The molecule has 0 saturated heterocycles. The summed E-state index contributed by atoms with van der Waals surface area (Å²) in [6, 6.07) is 5.75. The Morgan fingerprint density at radius 2 is 1.94 bits per heavy atom. The van der Waals surface area contributed by atoms with Gasteiger partial charge >= 0.3 is 6.03 Å². The monoisotopic (exact) mass is 271 g/mol. The second-order valence-corrected chi connectivity index (χ2v) is 5.91. The number of carbonyl (C=O) groups excluding carboxylic acids is 1. The largest absolute Gasteiger partial charge is 0.398 e. The van der Waals surface area contributed by atoms with Crippen LogP contribution in [0.4, 0.5) is 10.5 Å². The van der Waals surface area contributed by atoms with Crippen LogP contribution in [0.1, 0.15) is 19.4 Å². The van der Waals surface area contributed by atoms with Crippen molar-refractivity contribution in [2.75, 3.05) is 5.73 Å². The molecule has 0 fully saturated rings. The Morgan fingerprint density at radius 3 is 2.50 bits per heavy atom. The molecule has 6 nitrogen and oxygen atoms in total. The molecule has 0 spiro atoms. The van der Waals surface area contributed by atoms with Gasteiger partial charge in [0.1, 0.15) is 0 Å². The van der Waals surface area contributed by atoms with Gasteiger partial charge < -0.3 is 11.1 Å². The maximum Gasteiger partial charge on any atom is 0.328 e. The van der Waals surface area contributed by atoms with Crippen molar-refractivity contribution in [2.24, 2.45) is 0 Å². The molecule has 1 aromatic carbocycles. The quantitative estimate of drug-likeness (QED) is 0.705. The van der Waals surface area contributed by atoms with Crippen LogP contribution in [0.3, 0.4) is 0 Å². The third-order valence-electron chi connectivity index (χ3n) is 2.07. The predicted molar refractivity (Wildman–Crippen MR) is 70.3 cm³/mol. The van der Waals surface area contributed by atoms with E-state index < -0.39 is 16.1 Å². The molecule has 1 aromatic rings. The normalized spacial score (nSPS) is 11.3. The Hall–Kier alpha value is -1.76. The zero-order valence-corrected chi connectivity index (χ0v) is 11.1. The van der Waals surface area contributed by atoms with Crippen LogP contribution in [0.15, 0.2) is 24.3 Å². The molecule has 0 saturated carbocycles. The Kier molecular flexibility index (Phi) is 4.55. The van der Waals surface area contributed by atoms with Crippen LogP contribution in [0.25, 0.3) is 0 Å². The highest BCUT2D eigenvalue weighted by molar-refractivity contribution is 7.89. The van der Waals surface area contributed by atoms with Crippen LogP contribution in [0, 0.1) is 0 Å². The number of nitrogens with two attached hydrogens (primary N) is 1. The summed E-state index contributed by atoms with van der Waals surface area (Å²) in [5.41, 5.74) is 6.49. The van der Waals surface area contributed by atoms with Gasteiger partial charge in [0, 0.05) is 11.7 Å². The molecule has 0 aliphatic rings. The summed E-state index contributed by atoms with van der Waals surface area (Å²) in [7, 11) is -3.74. The third kappa shape index (κ3) is 4.62. The van der Waals surface area contributed by atoms with Crippen molar-refractivity contribution in [2.45, 2.75) is 25.6 Å². The van der Waals surface area contributed by atoms with Gasteiger partial charge in [0.25, 0.3) is 0 Å². The molecule has 0 aliphatic carbocycles. The third-order valence-corrected chi connectivity index (χ3v) is 3.26. The summed E-state index contributed by atoms with van der Waals surface area (Å²) in [5, 5.41) is 2.44. The Balaban J connectivity index is 2.72. The lowest BCUT2D eigenvalue weighted by atomic mass is 10.2. The summed E-state index contributed by atoms with van der Waals surface area (Å²) in [4.78, 5) is 11.3. The number of rotatable bonds is 4. The van der Waals surface area contributed by atoms with Crippen molar-refractivity contribution in [3.63, 3.8) is 0 Å². The summed E-state index contributed by atoms with van der Waals surface area (Å²) in [5.74, 6) is -0.328. The second-order valence-electron chi connectivity index (χ2n) is 4.19. The number of urea groups is 1.